The Balaban J connectivity index is 2.12. The van der Waals surface area contributed by atoms with Crippen molar-refractivity contribution in [2.45, 2.75) is 13.5 Å². The zero-order chi connectivity index (χ0) is 14.0. The van der Waals surface area contributed by atoms with Gasteiger partial charge in [-0.05, 0) is 31.2 Å². The Bertz CT molecular complexity index is 621. The molecular formula is C13H10BrFO4. The third-order valence-corrected chi connectivity index (χ3v) is 3.00. The number of hydrogen-bond acceptors (Lipinski definition) is 3. The van der Waals surface area contributed by atoms with Crippen LogP contribution in [0.5, 0.6) is 5.75 Å². The molecule has 1 aromatic carbocycles. The molecule has 0 aliphatic carbocycles. The number of carbonyl (C=O) groups is 1. The van der Waals surface area contributed by atoms with Crippen molar-refractivity contribution in [3.8, 4) is 5.75 Å². The van der Waals surface area contributed by atoms with E-state index in [4.69, 9.17) is 14.3 Å². The van der Waals surface area contributed by atoms with E-state index in [1.807, 2.05) is 0 Å². The first-order chi connectivity index (χ1) is 8.97. The molecule has 100 valence electrons. The average molecular weight is 329 g/mol. The molecule has 0 aliphatic heterocycles. The Morgan fingerprint density at radius 1 is 1.47 bits per heavy atom. The van der Waals surface area contributed by atoms with E-state index in [1.54, 1.807) is 13.0 Å². The molecule has 0 amide bonds. The van der Waals surface area contributed by atoms with Gasteiger partial charge in [-0.2, -0.15) is 0 Å². The van der Waals surface area contributed by atoms with Crippen molar-refractivity contribution in [1.29, 1.82) is 0 Å². The molecule has 0 radical (unpaired) electrons. The largest absolute Gasteiger partial charge is 0.486 e. The van der Waals surface area contributed by atoms with Gasteiger partial charge < -0.3 is 14.3 Å². The van der Waals surface area contributed by atoms with Crippen LogP contribution in [-0.4, -0.2) is 11.1 Å². The first kappa shape index (κ1) is 13.6. The molecular weight excluding hydrogens is 319 g/mol. The number of aromatic carboxylic acids is 1. The number of furan rings is 1. The number of aryl methyl sites for hydroxylation is 1. The normalized spacial score (nSPS) is 10.5. The lowest BCUT2D eigenvalue weighted by Gasteiger charge is -2.06. The highest BCUT2D eigenvalue weighted by atomic mass is 79.9. The van der Waals surface area contributed by atoms with Gasteiger partial charge >= 0.3 is 5.97 Å². The SMILES string of the molecule is Cc1oc(C(=O)O)cc1COc1ccc(Br)cc1F. The highest BCUT2D eigenvalue weighted by molar-refractivity contribution is 9.10. The van der Waals surface area contributed by atoms with Crippen molar-refractivity contribution >= 4 is 21.9 Å². The molecule has 0 bridgehead atoms. The quantitative estimate of drug-likeness (QED) is 0.928. The maximum atomic E-state index is 13.5. The second kappa shape index (κ2) is 5.44. The minimum Gasteiger partial charge on any atom is -0.486 e. The molecule has 0 atom stereocenters. The van der Waals surface area contributed by atoms with Crippen LogP contribution in [0.3, 0.4) is 0 Å². The topological polar surface area (TPSA) is 59.7 Å². The number of hydrogen-bond donors (Lipinski definition) is 1. The van der Waals surface area contributed by atoms with Crippen LogP contribution in [0.4, 0.5) is 4.39 Å². The lowest BCUT2D eigenvalue weighted by Crippen LogP contribution is -1.98. The molecule has 19 heavy (non-hydrogen) atoms. The first-order valence-electron chi connectivity index (χ1n) is 5.38. The molecule has 2 rings (SSSR count). The number of halogens is 2. The van der Waals surface area contributed by atoms with E-state index in [-0.39, 0.29) is 18.1 Å². The predicted molar refractivity (Wildman–Crippen MR) is 68.8 cm³/mol. The zero-order valence-corrected chi connectivity index (χ0v) is 11.5. The Kier molecular flexibility index (Phi) is 3.90. The Morgan fingerprint density at radius 2 is 2.21 bits per heavy atom. The van der Waals surface area contributed by atoms with Crippen LogP contribution in [0.25, 0.3) is 0 Å². The lowest BCUT2D eigenvalue weighted by molar-refractivity contribution is 0.0661. The second-order valence-electron chi connectivity index (χ2n) is 3.86. The summed E-state index contributed by atoms with van der Waals surface area (Å²) in [4.78, 5) is 10.7. The van der Waals surface area contributed by atoms with Gasteiger partial charge in [0.15, 0.2) is 11.6 Å². The van der Waals surface area contributed by atoms with E-state index in [2.05, 4.69) is 15.9 Å². The summed E-state index contributed by atoms with van der Waals surface area (Å²) in [6.45, 7) is 1.67. The fourth-order valence-corrected chi connectivity index (χ4v) is 1.85. The minimum atomic E-state index is -1.15. The van der Waals surface area contributed by atoms with Gasteiger partial charge in [0.1, 0.15) is 12.4 Å². The van der Waals surface area contributed by atoms with Crippen LogP contribution in [0.15, 0.2) is 33.2 Å². The summed E-state index contributed by atoms with van der Waals surface area (Å²) < 4.78 is 24.5. The van der Waals surface area contributed by atoms with Gasteiger partial charge in [-0.1, -0.05) is 15.9 Å². The number of ether oxygens (including phenoxy) is 1. The standard InChI is InChI=1S/C13H10BrFO4/c1-7-8(4-12(19-7)13(16)17)6-18-11-3-2-9(14)5-10(11)15/h2-5H,6H2,1H3,(H,16,17). The van der Waals surface area contributed by atoms with Crippen LogP contribution in [0.1, 0.15) is 21.9 Å². The molecule has 1 N–H and O–H groups in total. The van der Waals surface area contributed by atoms with Crippen molar-refractivity contribution in [1.82, 2.24) is 0 Å². The fraction of sp³-hybridized carbons (Fsp3) is 0.154. The van der Waals surface area contributed by atoms with Crippen molar-refractivity contribution < 1.29 is 23.4 Å². The molecule has 4 nitrogen and oxygen atoms in total. The summed E-state index contributed by atoms with van der Waals surface area (Å²) in [7, 11) is 0. The van der Waals surface area contributed by atoms with Crippen molar-refractivity contribution in [3.05, 3.63) is 51.6 Å². The molecule has 0 saturated heterocycles. The highest BCUT2D eigenvalue weighted by Crippen LogP contribution is 2.23. The summed E-state index contributed by atoms with van der Waals surface area (Å²) in [5, 5.41) is 8.78. The third-order valence-electron chi connectivity index (χ3n) is 2.51. The minimum absolute atomic E-state index is 0.0428. The van der Waals surface area contributed by atoms with Gasteiger partial charge in [0.2, 0.25) is 5.76 Å². The summed E-state index contributed by atoms with van der Waals surface area (Å²) in [5.41, 5.74) is 0.569. The number of carboxylic acid groups (broad SMARTS) is 1. The van der Waals surface area contributed by atoms with Gasteiger partial charge in [-0.25, -0.2) is 9.18 Å². The Labute approximate surface area is 116 Å². The van der Waals surface area contributed by atoms with E-state index < -0.39 is 11.8 Å². The van der Waals surface area contributed by atoms with Crippen molar-refractivity contribution in [3.63, 3.8) is 0 Å². The molecule has 6 heteroatoms. The Hall–Kier alpha value is -1.82. The number of carboxylic acids is 1. The van der Waals surface area contributed by atoms with E-state index in [9.17, 15) is 9.18 Å². The maximum Gasteiger partial charge on any atom is 0.371 e. The number of benzene rings is 1. The van der Waals surface area contributed by atoms with E-state index >= 15 is 0 Å². The summed E-state index contributed by atoms with van der Waals surface area (Å²) in [6, 6.07) is 5.81. The van der Waals surface area contributed by atoms with Crippen LogP contribution in [0, 0.1) is 12.7 Å². The monoisotopic (exact) mass is 328 g/mol. The molecule has 2 aromatic rings. The van der Waals surface area contributed by atoms with Crippen molar-refractivity contribution in [2.75, 3.05) is 0 Å². The summed E-state index contributed by atoms with van der Waals surface area (Å²) in [6.07, 6.45) is 0. The van der Waals surface area contributed by atoms with Gasteiger partial charge in [0, 0.05) is 10.0 Å². The summed E-state index contributed by atoms with van der Waals surface area (Å²) >= 11 is 3.15. The third kappa shape index (κ3) is 3.14. The fourth-order valence-electron chi connectivity index (χ4n) is 1.52. The lowest BCUT2D eigenvalue weighted by atomic mass is 10.2. The molecule has 0 aliphatic rings. The van der Waals surface area contributed by atoms with Crippen LogP contribution < -0.4 is 4.74 Å². The smallest absolute Gasteiger partial charge is 0.371 e. The van der Waals surface area contributed by atoms with E-state index in [0.29, 0.717) is 15.8 Å². The maximum absolute atomic E-state index is 13.5. The molecule has 0 fully saturated rings. The van der Waals surface area contributed by atoms with E-state index in [1.165, 1.54) is 18.2 Å². The van der Waals surface area contributed by atoms with Gasteiger partial charge in [-0.3, -0.25) is 0 Å². The van der Waals surface area contributed by atoms with Gasteiger partial charge in [0.25, 0.3) is 0 Å². The number of rotatable bonds is 4. The highest BCUT2D eigenvalue weighted by Gasteiger charge is 2.14. The average Bonchev–Trinajstić information content (AvgIpc) is 2.70. The molecule has 1 aromatic heterocycles. The van der Waals surface area contributed by atoms with Crippen LogP contribution in [0.2, 0.25) is 0 Å². The van der Waals surface area contributed by atoms with E-state index in [0.717, 1.165) is 0 Å². The van der Waals surface area contributed by atoms with Crippen molar-refractivity contribution in [2.24, 2.45) is 0 Å². The second-order valence-corrected chi connectivity index (χ2v) is 4.78. The Morgan fingerprint density at radius 3 is 2.79 bits per heavy atom. The predicted octanol–water partition coefficient (Wildman–Crippen LogP) is 3.77. The molecule has 1 heterocycles. The zero-order valence-electron chi connectivity index (χ0n) is 9.94. The van der Waals surface area contributed by atoms with Gasteiger partial charge in [0.05, 0.1) is 0 Å². The van der Waals surface area contributed by atoms with Gasteiger partial charge in [-0.15, -0.1) is 0 Å². The molecule has 0 spiro atoms. The van der Waals surface area contributed by atoms with Crippen LogP contribution >= 0.6 is 15.9 Å². The molecule has 0 saturated carbocycles. The summed E-state index contributed by atoms with van der Waals surface area (Å²) in [5.74, 6) is -1.26. The first-order valence-corrected chi connectivity index (χ1v) is 6.17. The van der Waals surface area contributed by atoms with Crippen LogP contribution in [-0.2, 0) is 6.61 Å². The molecule has 0 unspecified atom stereocenters.